The van der Waals surface area contributed by atoms with Crippen LogP contribution in [0.25, 0.3) is 0 Å². The molecule has 2 rings (SSSR count). The van der Waals surface area contributed by atoms with Crippen molar-refractivity contribution in [1.29, 1.82) is 0 Å². The molecule has 2 N–H and O–H groups in total. The first-order valence-electron chi connectivity index (χ1n) is 5.84. The van der Waals surface area contributed by atoms with Gasteiger partial charge in [-0.25, -0.2) is 4.39 Å². The summed E-state index contributed by atoms with van der Waals surface area (Å²) in [4.78, 5) is 11.8. The van der Waals surface area contributed by atoms with Gasteiger partial charge in [0.1, 0.15) is 11.6 Å². The fraction of sp³-hybridized carbons (Fsp3) is 0.462. The third kappa shape index (κ3) is 2.64. The third-order valence-electron chi connectivity index (χ3n) is 2.97. The summed E-state index contributed by atoms with van der Waals surface area (Å²) in [5, 5.41) is 0. The van der Waals surface area contributed by atoms with Crippen LogP contribution < -0.4 is 10.5 Å². The molecule has 0 spiro atoms. The monoisotopic (exact) mass is 237 g/mol. The van der Waals surface area contributed by atoms with Crippen molar-refractivity contribution >= 4 is 5.78 Å². The molecule has 0 amide bonds. The Morgan fingerprint density at radius 2 is 2.24 bits per heavy atom. The minimum atomic E-state index is -0.652. The second-order valence-electron chi connectivity index (χ2n) is 4.46. The Hall–Kier alpha value is -1.42. The quantitative estimate of drug-likeness (QED) is 0.817. The smallest absolute Gasteiger partial charge is 0.183 e. The average Bonchev–Trinajstić information content (AvgIpc) is 2.23. The van der Waals surface area contributed by atoms with Gasteiger partial charge < -0.3 is 10.5 Å². The Bertz CT molecular complexity index is 427. The van der Waals surface area contributed by atoms with Gasteiger partial charge in [-0.05, 0) is 44.4 Å². The molecule has 0 aromatic heterocycles. The molecule has 1 aromatic rings. The molecule has 0 bridgehead atoms. The summed E-state index contributed by atoms with van der Waals surface area (Å²) in [6, 6.07) is 3.34. The van der Waals surface area contributed by atoms with Crippen molar-refractivity contribution in [3.8, 4) is 5.75 Å². The lowest BCUT2D eigenvalue weighted by atomic mass is 9.96. The number of hydrogen-bond acceptors (Lipinski definition) is 3. The third-order valence-corrected chi connectivity index (χ3v) is 2.97. The van der Waals surface area contributed by atoms with Crippen LogP contribution in [-0.4, -0.2) is 17.9 Å². The number of halogens is 1. The van der Waals surface area contributed by atoms with Crippen LogP contribution in [0, 0.1) is 5.82 Å². The lowest BCUT2D eigenvalue weighted by Crippen LogP contribution is -2.29. The molecule has 1 fully saturated rings. The van der Waals surface area contributed by atoms with Crippen molar-refractivity contribution in [2.45, 2.75) is 38.3 Å². The van der Waals surface area contributed by atoms with Crippen LogP contribution in [0.1, 0.15) is 36.5 Å². The van der Waals surface area contributed by atoms with Crippen LogP contribution in [0.4, 0.5) is 4.39 Å². The lowest BCUT2D eigenvalue weighted by Gasteiger charge is -2.27. The molecule has 0 aliphatic heterocycles. The van der Waals surface area contributed by atoms with E-state index >= 15 is 0 Å². The van der Waals surface area contributed by atoms with E-state index in [-0.39, 0.29) is 17.5 Å². The van der Waals surface area contributed by atoms with Crippen LogP contribution in [-0.2, 0) is 0 Å². The van der Waals surface area contributed by atoms with Gasteiger partial charge in [0.15, 0.2) is 5.78 Å². The molecule has 0 saturated heterocycles. The maximum atomic E-state index is 13.2. The van der Waals surface area contributed by atoms with E-state index in [4.69, 9.17) is 10.5 Å². The molecule has 1 atom stereocenters. The summed E-state index contributed by atoms with van der Waals surface area (Å²) in [7, 11) is 0. The fourth-order valence-electron chi connectivity index (χ4n) is 1.71. The lowest BCUT2D eigenvalue weighted by molar-refractivity contribution is 0.0940. The fourth-order valence-corrected chi connectivity index (χ4v) is 1.71. The highest BCUT2D eigenvalue weighted by atomic mass is 19.1. The number of Topliss-reactive ketones (excluding diaryl/α,β-unsaturated/α-hetero) is 1. The molecule has 3 nitrogen and oxygen atoms in total. The van der Waals surface area contributed by atoms with Crippen LogP contribution in [0.3, 0.4) is 0 Å². The molecular formula is C13H16FNO2. The number of carbonyl (C=O) groups excluding carboxylic acids is 1. The number of carbonyl (C=O) groups is 1. The maximum absolute atomic E-state index is 13.2. The number of rotatable bonds is 4. The Labute approximate surface area is 99.8 Å². The molecule has 17 heavy (non-hydrogen) atoms. The molecule has 92 valence electrons. The van der Waals surface area contributed by atoms with E-state index in [1.807, 2.05) is 0 Å². The van der Waals surface area contributed by atoms with Gasteiger partial charge in [0.05, 0.1) is 17.7 Å². The topological polar surface area (TPSA) is 52.3 Å². The van der Waals surface area contributed by atoms with Gasteiger partial charge in [0, 0.05) is 0 Å². The first kappa shape index (κ1) is 12.0. The Morgan fingerprint density at radius 3 is 2.76 bits per heavy atom. The van der Waals surface area contributed by atoms with Gasteiger partial charge in [-0.15, -0.1) is 0 Å². The number of ketones is 1. The normalized spacial score (nSPS) is 17.4. The van der Waals surface area contributed by atoms with Crippen molar-refractivity contribution in [2.24, 2.45) is 5.73 Å². The van der Waals surface area contributed by atoms with Crippen LogP contribution in [0.5, 0.6) is 5.75 Å². The first-order valence-corrected chi connectivity index (χ1v) is 5.84. The predicted molar refractivity (Wildman–Crippen MR) is 62.6 cm³/mol. The molecule has 1 saturated carbocycles. The first-order chi connectivity index (χ1) is 8.08. The van der Waals surface area contributed by atoms with E-state index in [0.29, 0.717) is 5.75 Å². The van der Waals surface area contributed by atoms with E-state index in [2.05, 4.69) is 0 Å². The largest absolute Gasteiger partial charge is 0.490 e. The average molecular weight is 237 g/mol. The van der Waals surface area contributed by atoms with Gasteiger partial charge in [-0.2, -0.15) is 0 Å². The molecule has 1 unspecified atom stereocenters. The van der Waals surface area contributed by atoms with Crippen LogP contribution in [0.15, 0.2) is 18.2 Å². The van der Waals surface area contributed by atoms with E-state index in [9.17, 15) is 9.18 Å². The minimum absolute atomic E-state index is 0.153. The van der Waals surface area contributed by atoms with Gasteiger partial charge in [0.2, 0.25) is 0 Å². The zero-order valence-electron chi connectivity index (χ0n) is 9.78. The number of hydrogen-bond donors (Lipinski definition) is 1. The number of ether oxygens (including phenoxy) is 1. The van der Waals surface area contributed by atoms with Crippen molar-refractivity contribution in [2.75, 3.05) is 0 Å². The van der Waals surface area contributed by atoms with Crippen molar-refractivity contribution in [3.63, 3.8) is 0 Å². The van der Waals surface area contributed by atoms with E-state index < -0.39 is 11.9 Å². The highest BCUT2D eigenvalue weighted by Crippen LogP contribution is 2.28. The van der Waals surface area contributed by atoms with Gasteiger partial charge in [0.25, 0.3) is 0 Å². The molecule has 0 heterocycles. The standard InChI is InChI=1S/C13H16FNO2/c1-8(15)13(16)11-7-9(14)5-6-12(11)17-10-3-2-4-10/h5-8,10H,2-4,15H2,1H3. The second kappa shape index (κ2) is 4.84. The highest BCUT2D eigenvalue weighted by Gasteiger charge is 2.23. The SMILES string of the molecule is CC(N)C(=O)c1cc(F)ccc1OC1CCC1. The van der Waals surface area contributed by atoms with E-state index in [1.165, 1.54) is 18.2 Å². The Kier molecular flexibility index (Phi) is 3.43. The molecule has 0 radical (unpaired) electrons. The molecular weight excluding hydrogens is 221 g/mol. The maximum Gasteiger partial charge on any atom is 0.183 e. The van der Waals surface area contributed by atoms with Crippen molar-refractivity contribution in [1.82, 2.24) is 0 Å². The summed E-state index contributed by atoms with van der Waals surface area (Å²) in [5.74, 6) is -0.299. The van der Waals surface area contributed by atoms with Crippen LogP contribution >= 0.6 is 0 Å². The Morgan fingerprint density at radius 1 is 1.53 bits per heavy atom. The van der Waals surface area contributed by atoms with Gasteiger partial charge >= 0.3 is 0 Å². The van der Waals surface area contributed by atoms with Gasteiger partial charge in [-0.1, -0.05) is 0 Å². The van der Waals surface area contributed by atoms with Crippen LogP contribution in [0.2, 0.25) is 0 Å². The van der Waals surface area contributed by atoms with E-state index in [1.54, 1.807) is 6.92 Å². The summed E-state index contributed by atoms with van der Waals surface area (Å²) < 4.78 is 18.8. The van der Waals surface area contributed by atoms with E-state index in [0.717, 1.165) is 19.3 Å². The van der Waals surface area contributed by atoms with Crippen molar-refractivity contribution < 1.29 is 13.9 Å². The molecule has 1 aliphatic rings. The Balaban J connectivity index is 2.26. The summed E-state index contributed by atoms with van der Waals surface area (Å²) >= 11 is 0. The predicted octanol–water partition coefficient (Wildman–Crippen LogP) is 2.29. The zero-order valence-corrected chi connectivity index (χ0v) is 9.78. The summed E-state index contributed by atoms with van der Waals surface area (Å²) in [5.41, 5.74) is 5.78. The van der Waals surface area contributed by atoms with Gasteiger partial charge in [-0.3, -0.25) is 4.79 Å². The number of nitrogens with two attached hydrogens (primary N) is 1. The van der Waals surface area contributed by atoms with Crippen molar-refractivity contribution in [3.05, 3.63) is 29.6 Å². The highest BCUT2D eigenvalue weighted by molar-refractivity contribution is 6.02. The minimum Gasteiger partial charge on any atom is -0.490 e. The molecule has 4 heteroatoms. The number of benzene rings is 1. The summed E-state index contributed by atoms with van der Waals surface area (Å²) in [6.45, 7) is 1.58. The summed E-state index contributed by atoms with van der Waals surface area (Å²) in [6.07, 6.45) is 3.27. The zero-order chi connectivity index (χ0) is 12.4. The second-order valence-corrected chi connectivity index (χ2v) is 4.46. The molecule has 1 aromatic carbocycles. The molecule has 1 aliphatic carbocycles.